The first-order chi connectivity index (χ1) is 11.6. The Hall–Kier alpha value is -1.92. The summed E-state index contributed by atoms with van der Waals surface area (Å²) in [6.45, 7) is 0.186. The number of thioether (sulfide) groups is 1. The first kappa shape index (κ1) is 16.9. The molecule has 0 spiro atoms. The molecule has 0 atom stereocenters. The molecule has 0 radical (unpaired) electrons. The number of carbonyl (C=O) groups excluding carboxylic acids is 1. The highest BCUT2D eigenvalue weighted by atomic mass is 35.5. The van der Waals surface area contributed by atoms with Gasteiger partial charge in [0.1, 0.15) is 5.82 Å². The lowest BCUT2D eigenvalue weighted by molar-refractivity contribution is -0.115. The van der Waals surface area contributed by atoms with Gasteiger partial charge in [0.15, 0.2) is 11.5 Å². The van der Waals surface area contributed by atoms with Crippen molar-refractivity contribution in [3.8, 4) is 11.5 Å². The van der Waals surface area contributed by atoms with Crippen LogP contribution in [0.3, 0.4) is 0 Å². The fraction of sp³-hybridized carbons (Fsp3) is 0.235. The number of halogens is 2. The molecule has 0 saturated carbocycles. The summed E-state index contributed by atoms with van der Waals surface area (Å²) in [5.74, 6) is 2.08. The van der Waals surface area contributed by atoms with Crippen LogP contribution in [0.25, 0.3) is 0 Å². The number of nitrogens with one attached hydrogen (secondary N) is 1. The van der Waals surface area contributed by atoms with Gasteiger partial charge < -0.3 is 14.8 Å². The molecule has 0 unspecified atom stereocenters. The van der Waals surface area contributed by atoms with Gasteiger partial charge in [-0.05, 0) is 35.9 Å². The maximum absolute atomic E-state index is 13.1. The van der Waals surface area contributed by atoms with Crippen LogP contribution in [0.4, 0.5) is 10.1 Å². The van der Waals surface area contributed by atoms with Crippen LogP contribution in [0.1, 0.15) is 12.0 Å². The predicted molar refractivity (Wildman–Crippen MR) is 93.4 cm³/mol. The van der Waals surface area contributed by atoms with Crippen LogP contribution in [0.15, 0.2) is 36.4 Å². The summed E-state index contributed by atoms with van der Waals surface area (Å²) in [5, 5.41) is 3.21. The molecule has 0 bridgehead atoms. The Balaban J connectivity index is 1.44. The van der Waals surface area contributed by atoms with Crippen molar-refractivity contribution in [3.63, 3.8) is 0 Å². The van der Waals surface area contributed by atoms with Crippen LogP contribution in [0, 0.1) is 5.82 Å². The maximum Gasteiger partial charge on any atom is 0.231 e. The highest BCUT2D eigenvalue weighted by Crippen LogP contribution is 2.40. The zero-order chi connectivity index (χ0) is 16.9. The Morgan fingerprint density at radius 1 is 1.29 bits per heavy atom. The van der Waals surface area contributed by atoms with E-state index in [1.165, 1.54) is 12.1 Å². The molecule has 0 saturated heterocycles. The van der Waals surface area contributed by atoms with Crippen LogP contribution in [-0.4, -0.2) is 18.5 Å². The Kier molecular flexibility index (Phi) is 5.48. The summed E-state index contributed by atoms with van der Waals surface area (Å²) in [6, 6.07) is 9.58. The second-order valence-corrected chi connectivity index (χ2v) is 6.68. The number of ether oxygens (including phenoxy) is 2. The van der Waals surface area contributed by atoms with Crippen LogP contribution >= 0.6 is 23.4 Å². The van der Waals surface area contributed by atoms with E-state index in [0.717, 1.165) is 5.56 Å². The van der Waals surface area contributed by atoms with Gasteiger partial charge in [0.25, 0.3) is 0 Å². The molecule has 24 heavy (non-hydrogen) atoms. The molecule has 7 heteroatoms. The minimum absolute atomic E-state index is 0.142. The first-order valence-electron chi connectivity index (χ1n) is 7.33. The van der Waals surface area contributed by atoms with E-state index in [9.17, 15) is 9.18 Å². The smallest absolute Gasteiger partial charge is 0.231 e. The zero-order valence-electron chi connectivity index (χ0n) is 12.7. The Morgan fingerprint density at radius 3 is 3.00 bits per heavy atom. The number of anilines is 1. The largest absolute Gasteiger partial charge is 0.454 e. The van der Waals surface area contributed by atoms with E-state index in [2.05, 4.69) is 5.32 Å². The van der Waals surface area contributed by atoms with Gasteiger partial charge in [0.05, 0.1) is 5.02 Å². The van der Waals surface area contributed by atoms with Crippen molar-refractivity contribution in [2.75, 3.05) is 17.9 Å². The molecule has 0 aliphatic carbocycles. The third kappa shape index (κ3) is 4.33. The van der Waals surface area contributed by atoms with E-state index in [1.54, 1.807) is 23.9 Å². The summed E-state index contributed by atoms with van der Waals surface area (Å²) in [4.78, 5) is 11.8. The van der Waals surface area contributed by atoms with Crippen molar-refractivity contribution in [1.29, 1.82) is 0 Å². The highest BCUT2D eigenvalue weighted by Gasteiger charge is 2.18. The molecular weight excluding hydrogens is 353 g/mol. The maximum atomic E-state index is 13.1. The molecule has 1 aliphatic heterocycles. The molecule has 1 aliphatic rings. The summed E-state index contributed by atoms with van der Waals surface area (Å²) < 4.78 is 23.6. The second kappa shape index (κ2) is 7.77. The van der Waals surface area contributed by atoms with Crippen molar-refractivity contribution in [1.82, 2.24) is 0 Å². The summed E-state index contributed by atoms with van der Waals surface area (Å²) >= 11 is 7.74. The number of hydrogen-bond donors (Lipinski definition) is 1. The number of rotatable bonds is 6. The van der Waals surface area contributed by atoms with Gasteiger partial charge in [-0.2, -0.15) is 11.8 Å². The quantitative estimate of drug-likeness (QED) is 0.765. The van der Waals surface area contributed by atoms with Crippen LogP contribution in [0.5, 0.6) is 11.5 Å². The van der Waals surface area contributed by atoms with Crippen LogP contribution < -0.4 is 14.8 Å². The highest BCUT2D eigenvalue weighted by molar-refractivity contribution is 7.98. The average Bonchev–Trinajstić information content (AvgIpc) is 3.01. The SMILES string of the molecule is O=C(CCSCc1cc(Cl)c2c(c1)OCO2)Nc1cccc(F)c1. The number of carbonyl (C=O) groups is 1. The average molecular weight is 368 g/mol. The van der Waals surface area contributed by atoms with E-state index in [1.807, 2.05) is 12.1 Å². The molecular formula is C17H15ClFNO3S. The monoisotopic (exact) mass is 367 g/mol. The van der Waals surface area contributed by atoms with E-state index in [0.29, 0.717) is 40.1 Å². The third-order valence-electron chi connectivity index (χ3n) is 3.34. The Labute approximate surface area is 148 Å². The molecule has 2 aromatic rings. The summed E-state index contributed by atoms with van der Waals surface area (Å²) in [6.07, 6.45) is 0.347. The lowest BCUT2D eigenvalue weighted by Crippen LogP contribution is -2.12. The molecule has 1 heterocycles. The van der Waals surface area contributed by atoms with Crippen LogP contribution in [0.2, 0.25) is 5.02 Å². The van der Waals surface area contributed by atoms with Gasteiger partial charge in [-0.1, -0.05) is 17.7 Å². The summed E-state index contributed by atoms with van der Waals surface area (Å²) in [5.41, 5.74) is 1.48. The van der Waals surface area contributed by atoms with Gasteiger partial charge in [0, 0.05) is 23.6 Å². The minimum atomic E-state index is -0.373. The van der Waals surface area contributed by atoms with E-state index in [-0.39, 0.29) is 18.5 Å². The molecule has 1 amide bonds. The number of benzene rings is 2. The first-order valence-corrected chi connectivity index (χ1v) is 8.86. The van der Waals surface area contributed by atoms with E-state index < -0.39 is 0 Å². The standard InChI is InChI=1S/C17H15ClFNO3S/c18-14-6-11(7-15-17(14)23-10-22-15)9-24-5-4-16(21)20-13-3-1-2-12(19)8-13/h1-3,6-8H,4-5,9-10H2,(H,20,21). The number of fused-ring (bicyclic) bond motifs is 1. The molecule has 0 fully saturated rings. The predicted octanol–water partition coefficient (Wildman–Crippen LogP) is 4.47. The van der Waals surface area contributed by atoms with Gasteiger partial charge >= 0.3 is 0 Å². The van der Waals surface area contributed by atoms with Gasteiger partial charge in [-0.15, -0.1) is 0 Å². The Bertz CT molecular complexity index is 757. The molecule has 1 N–H and O–H groups in total. The molecule has 0 aromatic heterocycles. The summed E-state index contributed by atoms with van der Waals surface area (Å²) in [7, 11) is 0. The van der Waals surface area contributed by atoms with Crippen molar-refractivity contribution in [3.05, 3.63) is 52.8 Å². The fourth-order valence-corrected chi connectivity index (χ4v) is 3.41. The van der Waals surface area contributed by atoms with Crippen LogP contribution in [-0.2, 0) is 10.5 Å². The van der Waals surface area contributed by atoms with Gasteiger partial charge in [0.2, 0.25) is 12.7 Å². The van der Waals surface area contributed by atoms with Gasteiger partial charge in [-0.25, -0.2) is 4.39 Å². The number of amides is 1. The topological polar surface area (TPSA) is 47.6 Å². The Morgan fingerprint density at radius 2 is 2.17 bits per heavy atom. The van der Waals surface area contributed by atoms with Gasteiger partial charge in [-0.3, -0.25) is 4.79 Å². The molecule has 2 aromatic carbocycles. The molecule has 4 nitrogen and oxygen atoms in total. The second-order valence-electron chi connectivity index (χ2n) is 5.17. The number of hydrogen-bond acceptors (Lipinski definition) is 4. The van der Waals surface area contributed by atoms with Crippen molar-refractivity contribution >= 4 is 35.0 Å². The van der Waals surface area contributed by atoms with E-state index >= 15 is 0 Å². The van der Waals surface area contributed by atoms with E-state index in [4.69, 9.17) is 21.1 Å². The lowest BCUT2D eigenvalue weighted by atomic mass is 10.2. The third-order valence-corrected chi connectivity index (χ3v) is 4.65. The minimum Gasteiger partial charge on any atom is -0.454 e. The van der Waals surface area contributed by atoms with Crippen molar-refractivity contribution < 1.29 is 18.7 Å². The molecule has 3 rings (SSSR count). The fourth-order valence-electron chi connectivity index (χ4n) is 2.25. The van der Waals surface area contributed by atoms with Crippen molar-refractivity contribution in [2.24, 2.45) is 0 Å². The zero-order valence-corrected chi connectivity index (χ0v) is 14.3. The normalized spacial score (nSPS) is 12.2. The lowest BCUT2D eigenvalue weighted by Gasteiger charge is -2.06. The van der Waals surface area contributed by atoms with Crippen molar-refractivity contribution in [2.45, 2.75) is 12.2 Å². The molecule has 126 valence electrons.